The Hall–Kier alpha value is -1.84. The van der Waals surface area contributed by atoms with Crippen molar-refractivity contribution in [2.75, 3.05) is 13.6 Å². The van der Waals surface area contributed by atoms with E-state index in [1.54, 1.807) is 30.1 Å². The van der Waals surface area contributed by atoms with Crippen LogP contribution in [0.25, 0.3) is 10.9 Å². The number of halogens is 1. The Kier molecular flexibility index (Phi) is 3.65. The minimum Gasteiger partial charge on any atom is -0.350 e. The molecule has 0 saturated carbocycles. The molecule has 1 N–H and O–H groups in total. The van der Waals surface area contributed by atoms with Gasteiger partial charge in [-0.1, -0.05) is 19.4 Å². The predicted octanol–water partition coefficient (Wildman–Crippen LogP) is 3.18. The van der Waals surface area contributed by atoms with Gasteiger partial charge in [-0.05, 0) is 24.6 Å². The summed E-state index contributed by atoms with van der Waals surface area (Å²) >= 11 is 0. The molecule has 0 fully saturated rings. The minimum absolute atomic E-state index is 0.0981. The fraction of sp³-hybridized carbons (Fsp3) is 0.357. The molecule has 18 heavy (non-hydrogen) atoms. The Bertz CT molecular complexity index is 562. The molecule has 1 aromatic carbocycles. The number of nitrogens with one attached hydrogen (secondary N) is 1. The van der Waals surface area contributed by atoms with Crippen molar-refractivity contribution >= 4 is 16.8 Å². The zero-order chi connectivity index (χ0) is 13.1. The summed E-state index contributed by atoms with van der Waals surface area (Å²) in [6.07, 6.45) is 2.01. The van der Waals surface area contributed by atoms with Crippen LogP contribution in [0.15, 0.2) is 24.3 Å². The van der Waals surface area contributed by atoms with Crippen molar-refractivity contribution in [1.82, 2.24) is 9.88 Å². The van der Waals surface area contributed by atoms with Crippen LogP contribution in [0, 0.1) is 5.82 Å². The molecule has 1 aromatic heterocycles. The summed E-state index contributed by atoms with van der Waals surface area (Å²) in [6.45, 7) is 2.80. The standard InChI is InChI=1S/C14H17FN2O/c1-3-4-8-17(2)14(18)13-9-10-11(15)6-5-7-12(10)16-13/h5-7,9,16H,3-4,8H2,1-2H3. The Balaban J connectivity index is 2.25. The number of nitrogens with zero attached hydrogens (tertiary/aromatic N) is 1. The number of fused-ring (bicyclic) bond motifs is 1. The maximum atomic E-state index is 13.5. The van der Waals surface area contributed by atoms with Gasteiger partial charge in [-0.25, -0.2) is 4.39 Å². The molecule has 0 spiro atoms. The van der Waals surface area contributed by atoms with E-state index in [4.69, 9.17) is 0 Å². The zero-order valence-corrected chi connectivity index (χ0v) is 10.7. The monoisotopic (exact) mass is 248 g/mol. The lowest BCUT2D eigenvalue weighted by molar-refractivity contribution is 0.0788. The summed E-state index contributed by atoms with van der Waals surface area (Å²) in [4.78, 5) is 16.7. The van der Waals surface area contributed by atoms with Crippen LogP contribution in [0.1, 0.15) is 30.3 Å². The predicted molar refractivity (Wildman–Crippen MR) is 70.1 cm³/mol. The number of amides is 1. The lowest BCUT2D eigenvalue weighted by atomic mass is 10.2. The highest BCUT2D eigenvalue weighted by Crippen LogP contribution is 2.19. The molecular weight excluding hydrogens is 231 g/mol. The second-order valence-corrected chi connectivity index (χ2v) is 4.46. The van der Waals surface area contributed by atoms with Gasteiger partial charge in [0.15, 0.2) is 0 Å². The van der Waals surface area contributed by atoms with Crippen molar-refractivity contribution in [2.24, 2.45) is 0 Å². The van der Waals surface area contributed by atoms with E-state index in [0.29, 0.717) is 23.1 Å². The third kappa shape index (κ3) is 2.37. The Morgan fingerprint density at radius 3 is 2.89 bits per heavy atom. The Labute approximate surface area is 106 Å². The molecule has 2 aromatic rings. The molecule has 0 radical (unpaired) electrons. The SMILES string of the molecule is CCCCN(C)C(=O)c1cc2c(F)cccc2[nH]1. The minimum atomic E-state index is -0.306. The fourth-order valence-corrected chi connectivity index (χ4v) is 1.94. The lowest BCUT2D eigenvalue weighted by Crippen LogP contribution is -2.27. The highest BCUT2D eigenvalue weighted by molar-refractivity contribution is 5.98. The molecule has 0 atom stereocenters. The number of carbonyl (C=O) groups is 1. The van der Waals surface area contributed by atoms with Crippen LogP contribution >= 0.6 is 0 Å². The van der Waals surface area contributed by atoms with Crippen LogP contribution in [0.2, 0.25) is 0 Å². The van der Waals surface area contributed by atoms with Crippen molar-refractivity contribution in [2.45, 2.75) is 19.8 Å². The smallest absolute Gasteiger partial charge is 0.270 e. The topological polar surface area (TPSA) is 36.1 Å². The molecule has 96 valence electrons. The van der Waals surface area contributed by atoms with E-state index >= 15 is 0 Å². The van der Waals surface area contributed by atoms with E-state index in [9.17, 15) is 9.18 Å². The molecular formula is C14H17FN2O. The van der Waals surface area contributed by atoms with Gasteiger partial charge in [-0.15, -0.1) is 0 Å². The van der Waals surface area contributed by atoms with Crippen LogP contribution in [0.4, 0.5) is 4.39 Å². The number of aromatic amines is 1. The largest absolute Gasteiger partial charge is 0.350 e. The molecule has 2 rings (SSSR count). The average Bonchev–Trinajstić information content (AvgIpc) is 2.80. The van der Waals surface area contributed by atoms with Crippen molar-refractivity contribution in [3.63, 3.8) is 0 Å². The summed E-state index contributed by atoms with van der Waals surface area (Å²) in [5, 5.41) is 0.463. The first-order chi connectivity index (χ1) is 8.63. The number of rotatable bonds is 4. The molecule has 1 amide bonds. The van der Waals surface area contributed by atoms with Crippen LogP contribution in [-0.2, 0) is 0 Å². The molecule has 0 aliphatic carbocycles. The third-order valence-corrected chi connectivity index (χ3v) is 3.04. The first-order valence-corrected chi connectivity index (χ1v) is 6.16. The van der Waals surface area contributed by atoms with Crippen LogP contribution in [0.3, 0.4) is 0 Å². The highest BCUT2D eigenvalue weighted by atomic mass is 19.1. The molecule has 0 aliphatic rings. The van der Waals surface area contributed by atoms with Gasteiger partial charge in [-0.2, -0.15) is 0 Å². The highest BCUT2D eigenvalue weighted by Gasteiger charge is 2.15. The molecule has 0 aliphatic heterocycles. The van der Waals surface area contributed by atoms with Gasteiger partial charge in [0.1, 0.15) is 11.5 Å². The van der Waals surface area contributed by atoms with Crippen molar-refractivity contribution < 1.29 is 9.18 Å². The zero-order valence-electron chi connectivity index (χ0n) is 10.7. The van der Waals surface area contributed by atoms with Crippen LogP contribution in [0.5, 0.6) is 0 Å². The maximum Gasteiger partial charge on any atom is 0.270 e. The quantitative estimate of drug-likeness (QED) is 0.886. The Morgan fingerprint density at radius 1 is 1.44 bits per heavy atom. The van der Waals surface area contributed by atoms with Crippen LogP contribution < -0.4 is 0 Å². The Morgan fingerprint density at radius 2 is 2.22 bits per heavy atom. The summed E-state index contributed by atoms with van der Waals surface area (Å²) in [5.74, 6) is -0.405. The molecule has 3 nitrogen and oxygen atoms in total. The van der Waals surface area contributed by atoms with E-state index in [1.807, 2.05) is 0 Å². The van der Waals surface area contributed by atoms with Gasteiger partial charge >= 0.3 is 0 Å². The maximum absolute atomic E-state index is 13.5. The number of hydrogen-bond donors (Lipinski definition) is 1. The number of carbonyl (C=O) groups excluding carboxylic acids is 1. The van der Waals surface area contributed by atoms with Gasteiger partial charge in [-0.3, -0.25) is 4.79 Å². The van der Waals surface area contributed by atoms with E-state index in [2.05, 4.69) is 11.9 Å². The second kappa shape index (κ2) is 5.21. The van der Waals surface area contributed by atoms with E-state index in [-0.39, 0.29) is 11.7 Å². The molecule has 4 heteroatoms. The second-order valence-electron chi connectivity index (χ2n) is 4.46. The molecule has 0 bridgehead atoms. The molecule has 0 saturated heterocycles. The number of aromatic nitrogens is 1. The first kappa shape index (κ1) is 12.6. The van der Waals surface area contributed by atoms with E-state index in [0.717, 1.165) is 12.8 Å². The van der Waals surface area contributed by atoms with Gasteiger partial charge in [0.25, 0.3) is 5.91 Å². The van der Waals surface area contributed by atoms with E-state index < -0.39 is 0 Å². The summed E-state index contributed by atoms with van der Waals surface area (Å²) < 4.78 is 13.5. The van der Waals surface area contributed by atoms with Gasteiger partial charge in [0, 0.05) is 24.5 Å². The van der Waals surface area contributed by atoms with Crippen molar-refractivity contribution in [3.8, 4) is 0 Å². The van der Waals surface area contributed by atoms with Gasteiger partial charge in [0.2, 0.25) is 0 Å². The summed E-state index contributed by atoms with van der Waals surface area (Å²) in [6, 6.07) is 6.37. The van der Waals surface area contributed by atoms with Gasteiger partial charge in [0.05, 0.1) is 0 Å². The number of H-pyrrole nitrogens is 1. The fourth-order valence-electron chi connectivity index (χ4n) is 1.94. The number of unbranched alkanes of at least 4 members (excludes halogenated alkanes) is 1. The molecule has 1 heterocycles. The van der Waals surface area contributed by atoms with Crippen molar-refractivity contribution in [1.29, 1.82) is 0 Å². The normalized spacial score (nSPS) is 10.8. The summed E-state index contributed by atoms with van der Waals surface area (Å²) in [5.41, 5.74) is 1.09. The third-order valence-electron chi connectivity index (χ3n) is 3.04. The number of benzene rings is 1. The average molecular weight is 248 g/mol. The van der Waals surface area contributed by atoms with Crippen molar-refractivity contribution in [3.05, 3.63) is 35.8 Å². The lowest BCUT2D eigenvalue weighted by Gasteiger charge is -2.15. The first-order valence-electron chi connectivity index (χ1n) is 6.16. The van der Waals surface area contributed by atoms with Crippen LogP contribution in [-0.4, -0.2) is 29.4 Å². The van der Waals surface area contributed by atoms with E-state index in [1.165, 1.54) is 6.07 Å². The number of hydrogen-bond acceptors (Lipinski definition) is 1. The van der Waals surface area contributed by atoms with Gasteiger partial charge < -0.3 is 9.88 Å². The molecule has 0 unspecified atom stereocenters. The summed E-state index contributed by atoms with van der Waals surface area (Å²) in [7, 11) is 1.76.